The first-order chi connectivity index (χ1) is 10.6. The molecule has 7 nitrogen and oxygen atoms in total. The minimum Gasteiger partial charge on any atom is -0.383 e. The number of carbonyl (C=O) groups excluding carboxylic acids is 3. The van der Waals surface area contributed by atoms with Crippen molar-refractivity contribution < 1.29 is 19.1 Å². The number of hydrogen-bond acceptors (Lipinski definition) is 4. The van der Waals surface area contributed by atoms with Gasteiger partial charge >= 0.3 is 0 Å². The molecule has 1 aliphatic rings. The fraction of sp³-hybridized carbons (Fsp3) is 0.400. The van der Waals surface area contributed by atoms with E-state index in [0.29, 0.717) is 24.4 Å². The number of hydrogen-bond donors (Lipinski definition) is 3. The summed E-state index contributed by atoms with van der Waals surface area (Å²) in [5, 5.41) is 8.03. The van der Waals surface area contributed by atoms with E-state index in [2.05, 4.69) is 16.0 Å². The number of anilines is 1. The van der Waals surface area contributed by atoms with Crippen molar-refractivity contribution in [2.24, 2.45) is 0 Å². The summed E-state index contributed by atoms with van der Waals surface area (Å²) in [6, 6.07) is 6.06. The minimum absolute atomic E-state index is 0.151. The normalized spacial score (nSPS) is 17.0. The van der Waals surface area contributed by atoms with Crippen molar-refractivity contribution >= 4 is 23.4 Å². The lowest BCUT2D eigenvalue weighted by Crippen LogP contribution is -2.42. The molecule has 1 aliphatic heterocycles. The van der Waals surface area contributed by atoms with Crippen LogP contribution in [0.5, 0.6) is 0 Å². The molecule has 3 amide bonds. The zero-order chi connectivity index (χ0) is 15.9. The summed E-state index contributed by atoms with van der Waals surface area (Å²) >= 11 is 0. The van der Waals surface area contributed by atoms with E-state index in [1.807, 2.05) is 0 Å². The Kier molecular flexibility index (Phi) is 5.48. The quantitative estimate of drug-likeness (QED) is 0.658. The van der Waals surface area contributed by atoms with Crippen molar-refractivity contribution in [2.75, 3.05) is 25.6 Å². The van der Waals surface area contributed by atoms with Crippen molar-refractivity contribution in [3.63, 3.8) is 0 Å². The third-order valence-corrected chi connectivity index (χ3v) is 3.34. The lowest BCUT2D eigenvalue weighted by Gasteiger charge is -2.14. The van der Waals surface area contributed by atoms with Gasteiger partial charge in [-0.2, -0.15) is 0 Å². The Bertz CT molecular complexity index is 574. The zero-order valence-electron chi connectivity index (χ0n) is 12.3. The van der Waals surface area contributed by atoms with Gasteiger partial charge < -0.3 is 20.7 Å². The Balaban J connectivity index is 1.92. The van der Waals surface area contributed by atoms with E-state index in [1.54, 1.807) is 31.4 Å². The van der Waals surface area contributed by atoms with Gasteiger partial charge in [0.05, 0.1) is 17.9 Å². The average molecular weight is 305 g/mol. The first-order valence-electron chi connectivity index (χ1n) is 7.08. The fourth-order valence-corrected chi connectivity index (χ4v) is 2.17. The molecule has 0 aliphatic carbocycles. The Hall–Kier alpha value is -2.41. The molecule has 1 atom stereocenters. The Labute approximate surface area is 128 Å². The molecular weight excluding hydrogens is 286 g/mol. The smallest absolute Gasteiger partial charge is 0.254 e. The van der Waals surface area contributed by atoms with Gasteiger partial charge in [-0.1, -0.05) is 12.1 Å². The molecule has 1 aromatic carbocycles. The van der Waals surface area contributed by atoms with Gasteiger partial charge in [-0.15, -0.1) is 0 Å². The van der Waals surface area contributed by atoms with Gasteiger partial charge in [0.25, 0.3) is 5.91 Å². The lowest BCUT2D eigenvalue weighted by atomic mass is 10.1. The molecule has 0 saturated carbocycles. The van der Waals surface area contributed by atoms with Gasteiger partial charge in [0, 0.05) is 20.1 Å². The standard InChI is InChI=1S/C15H19N3O4/c1-22-9-8-16-13(19)7-6-12-15(21)17-11-5-3-2-4-10(11)14(20)18-12/h2-5,12H,6-9H2,1H3,(H,16,19)(H,17,21)(H,18,20)/t12-/m1/s1. The van der Waals surface area contributed by atoms with E-state index in [-0.39, 0.29) is 30.6 Å². The van der Waals surface area contributed by atoms with Crippen LogP contribution in [-0.4, -0.2) is 44.0 Å². The summed E-state index contributed by atoms with van der Waals surface area (Å²) in [5.41, 5.74) is 0.903. The maximum absolute atomic E-state index is 12.1. The van der Waals surface area contributed by atoms with Crippen molar-refractivity contribution in [1.82, 2.24) is 10.6 Å². The van der Waals surface area contributed by atoms with Crippen LogP contribution in [0.15, 0.2) is 24.3 Å². The number of rotatable bonds is 6. The maximum Gasteiger partial charge on any atom is 0.254 e. The molecule has 3 N–H and O–H groups in total. The summed E-state index contributed by atoms with van der Waals surface area (Å²) in [6.07, 6.45) is 0.392. The van der Waals surface area contributed by atoms with Crippen LogP contribution in [-0.2, 0) is 14.3 Å². The first kappa shape index (κ1) is 16.0. The number of methoxy groups -OCH3 is 1. The zero-order valence-corrected chi connectivity index (χ0v) is 12.3. The highest BCUT2D eigenvalue weighted by molar-refractivity contribution is 6.09. The van der Waals surface area contributed by atoms with Crippen LogP contribution in [0.2, 0.25) is 0 Å². The van der Waals surface area contributed by atoms with Crippen molar-refractivity contribution in [3.8, 4) is 0 Å². The SMILES string of the molecule is COCCNC(=O)CC[C@H]1NC(=O)c2ccccc2NC1=O. The van der Waals surface area contributed by atoms with Crippen LogP contribution in [0.1, 0.15) is 23.2 Å². The molecule has 0 spiro atoms. The van der Waals surface area contributed by atoms with Crippen molar-refractivity contribution in [2.45, 2.75) is 18.9 Å². The molecule has 2 rings (SSSR count). The molecule has 0 aromatic heterocycles. The van der Waals surface area contributed by atoms with Crippen LogP contribution >= 0.6 is 0 Å². The van der Waals surface area contributed by atoms with Gasteiger partial charge in [-0.05, 0) is 18.6 Å². The summed E-state index contributed by atoms with van der Waals surface area (Å²) in [6.45, 7) is 0.853. The van der Waals surface area contributed by atoms with E-state index < -0.39 is 6.04 Å². The average Bonchev–Trinajstić information content (AvgIpc) is 2.63. The Morgan fingerprint density at radius 2 is 2.09 bits per heavy atom. The number of benzene rings is 1. The van der Waals surface area contributed by atoms with E-state index in [1.165, 1.54) is 0 Å². The summed E-state index contributed by atoms with van der Waals surface area (Å²) in [5.74, 6) is -0.817. The fourth-order valence-electron chi connectivity index (χ4n) is 2.17. The topological polar surface area (TPSA) is 96.5 Å². The first-order valence-corrected chi connectivity index (χ1v) is 7.08. The third-order valence-electron chi connectivity index (χ3n) is 3.34. The number of carbonyl (C=O) groups is 3. The van der Waals surface area contributed by atoms with Crippen LogP contribution in [0.4, 0.5) is 5.69 Å². The van der Waals surface area contributed by atoms with Gasteiger partial charge in [0.15, 0.2) is 0 Å². The molecule has 0 saturated heterocycles. The van der Waals surface area contributed by atoms with Crippen molar-refractivity contribution in [3.05, 3.63) is 29.8 Å². The van der Waals surface area contributed by atoms with E-state index in [4.69, 9.17) is 4.74 Å². The lowest BCUT2D eigenvalue weighted by molar-refractivity contribution is -0.122. The molecule has 22 heavy (non-hydrogen) atoms. The van der Waals surface area contributed by atoms with E-state index >= 15 is 0 Å². The molecule has 1 aromatic rings. The largest absolute Gasteiger partial charge is 0.383 e. The van der Waals surface area contributed by atoms with Crippen LogP contribution in [0.25, 0.3) is 0 Å². The highest BCUT2D eigenvalue weighted by Crippen LogP contribution is 2.19. The molecule has 0 unspecified atom stereocenters. The molecule has 0 fully saturated rings. The second-order valence-corrected chi connectivity index (χ2v) is 4.94. The number of amides is 3. The Morgan fingerprint density at radius 3 is 2.86 bits per heavy atom. The van der Waals surface area contributed by atoms with E-state index in [0.717, 1.165) is 0 Å². The molecule has 0 bridgehead atoms. The second-order valence-electron chi connectivity index (χ2n) is 4.94. The van der Waals surface area contributed by atoms with Gasteiger partial charge in [-0.25, -0.2) is 0 Å². The summed E-state index contributed by atoms with van der Waals surface area (Å²) in [7, 11) is 1.55. The monoisotopic (exact) mass is 305 g/mol. The van der Waals surface area contributed by atoms with Gasteiger partial charge in [-0.3, -0.25) is 14.4 Å². The Morgan fingerprint density at radius 1 is 1.32 bits per heavy atom. The maximum atomic E-state index is 12.1. The molecular formula is C15H19N3O4. The third kappa shape index (κ3) is 4.05. The summed E-state index contributed by atoms with van der Waals surface area (Å²) < 4.78 is 4.83. The van der Waals surface area contributed by atoms with Gasteiger partial charge in [0.1, 0.15) is 6.04 Å². The summed E-state index contributed by atoms with van der Waals surface area (Å²) in [4.78, 5) is 35.9. The predicted octanol–water partition coefficient (Wildman–Crippen LogP) is 0.280. The number of ether oxygens (including phenoxy) is 1. The second kappa shape index (κ2) is 7.56. The molecule has 118 valence electrons. The highest BCUT2D eigenvalue weighted by Gasteiger charge is 2.27. The van der Waals surface area contributed by atoms with Crippen LogP contribution < -0.4 is 16.0 Å². The van der Waals surface area contributed by atoms with Crippen LogP contribution in [0, 0.1) is 0 Å². The molecule has 1 heterocycles. The molecule has 0 radical (unpaired) electrons. The number of nitrogens with one attached hydrogen (secondary N) is 3. The van der Waals surface area contributed by atoms with Crippen LogP contribution in [0.3, 0.4) is 0 Å². The van der Waals surface area contributed by atoms with Crippen molar-refractivity contribution in [1.29, 1.82) is 0 Å². The number of para-hydroxylation sites is 1. The van der Waals surface area contributed by atoms with E-state index in [9.17, 15) is 14.4 Å². The minimum atomic E-state index is -0.729. The number of fused-ring (bicyclic) bond motifs is 1. The predicted molar refractivity (Wildman–Crippen MR) is 80.4 cm³/mol. The molecule has 7 heteroatoms. The highest BCUT2D eigenvalue weighted by atomic mass is 16.5. The van der Waals surface area contributed by atoms with Gasteiger partial charge in [0.2, 0.25) is 11.8 Å².